The van der Waals surface area contributed by atoms with E-state index in [-0.39, 0.29) is 11.8 Å². The fourth-order valence-electron chi connectivity index (χ4n) is 4.44. The molecule has 19 heavy (non-hydrogen) atoms. The molecule has 0 unspecified atom stereocenters. The quantitative estimate of drug-likeness (QED) is 0.655. The van der Waals surface area contributed by atoms with Gasteiger partial charge in [-0.15, -0.1) is 0 Å². The Morgan fingerprint density at radius 3 is 2.74 bits per heavy atom. The van der Waals surface area contributed by atoms with Gasteiger partial charge in [-0.2, -0.15) is 0 Å². The maximum Gasteiger partial charge on any atom is 0.338 e. The molecule has 4 rings (SSSR count). The lowest BCUT2D eigenvalue weighted by molar-refractivity contribution is -0.200. The lowest BCUT2D eigenvalue weighted by Gasteiger charge is -2.38. The molecule has 2 aliphatic heterocycles. The molecule has 1 spiro atoms. The lowest BCUT2D eigenvalue weighted by Crippen LogP contribution is -2.50. The minimum atomic E-state index is -1.30. The van der Waals surface area contributed by atoms with Crippen LogP contribution in [0.3, 0.4) is 0 Å². The fraction of sp³-hybridized carbons (Fsp3) is 0.929. The second-order valence-corrected chi connectivity index (χ2v) is 6.62. The lowest BCUT2D eigenvalue weighted by atomic mass is 9.75. The Morgan fingerprint density at radius 2 is 2.00 bits per heavy atom. The number of cyclic esters (lactones) is 1. The summed E-state index contributed by atoms with van der Waals surface area (Å²) in [6.07, 6.45) is 2.33. The van der Waals surface area contributed by atoms with E-state index in [0.29, 0.717) is 38.1 Å². The standard InChI is InChI=1S/C14H20O5/c1-8-5-13(18-2-3-19-13)6-9-7-17-12(15)14(9,16)11-4-10(8)11/h8-11,16H,2-7H2,1H3/t8-,9+,10+,11+,14-/m1/s1. The van der Waals surface area contributed by atoms with Gasteiger partial charge in [-0.25, -0.2) is 4.79 Å². The molecule has 2 saturated heterocycles. The van der Waals surface area contributed by atoms with E-state index in [9.17, 15) is 9.90 Å². The van der Waals surface area contributed by atoms with E-state index in [2.05, 4.69) is 6.92 Å². The van der Waals surface area contributed by atoms with Crippen LogP contribution in [0, 0.1) is 23.7 Å². The average Bonchev–Trinajstić information content (AvgIpc) is 3.00. The van der Waals surface area contributed by atoms with E-state index in [0.717, 1.165) is 12.8 Å². The Bertz CT molecular complexity index is 416. The molecular weight excluding hydrogens is 248 g/mol. The number of rotatable bonds is 0. The highest BCUT2D eigenvalue weighted by Crippen LogP contribution is 2.60. The van der Waals surface area contributed by atoms with Crippen LogP contribution in [0.25, 0.3) is 0 Å². The third kappa shape index (κ3) is 1.55. The summed E-state index contributed by atoms with van der Waals surface area (Å²) in [5.74, 6) is -0.377. The second-order valence-electron chi connectivity index (χ2n) is 6.62. The smallest absolute Gasteiger partial charge is 0.338 e. The van der Waals surface area contributed by atoms with Crippen molar-refractivity contribution in [2.24, 2.45) is 23.7 Å². The fourth-order valence-corrected chi connectivity index (χ4v) is 4.44. The summed E-state index contributed by atoms with van der Waals surface area (Å²) in [6, 6.07) is 0. The summed E-state index contributed by atoms with van der Waals surface area (Å²) in [7, 11) is 0. The zero-order valence-electron chi connectivity index (χ0n) is 11.1. The molecule has 0 aromatic rings. The highest BCUT2D eigenvalue weighted by Gasteiger charge is 2.68. The molecule has 5 heteroatoms. The topological polar surface area (TPSA) is 65.0 Å². The van der Waals surface area contributed by atoms with Crippen molar-refractivity contribution in [2.75, 3.05) is 19.8 Å². The van der Waals surface area contributed by atoms with Crippen molar-refractivity contribution in [1.29, 1.82) is 0 Å². The number of carbonyl (C=O) groups is 1. The zero-order chi connectivity index (χ0) is 13.3. The molecule has 4 fully saturated rings. The van der Waals surface area contributed by atoms with Crippen LogP contribution in [0.15, 0.2) is 0 Å². The number of fused-ring (bicyclic) bond motifs is 3. The van der Waals surface area contributed by atoms with Crippen LogP contribution in [-0.2, 0) is 19.0 Å². The average molecular weight is 268 g/mol. The molecule has 2 heterocycles. The molecule has 0 amide bonds. The largest absolute Gasteiger partial charge is 0.463 e. The van der Waals surface area contributed by atoms with E-state index in [1.165, 1.54) is 0 Å². The Labute approximate surface area is 112 Å². The third-order valence-electron chi connectivity index (χ3n) is 5.50. The van der Waals surface area contributed by atoms with Crippen molar-refractivity contribution in [1.82, 2.24) is 0 Å². The summed E-state index contributed by atoms with van der Waals surface area (Å²) in [5, 5.41) is 10.9. The van der Waals surface area contributed by atoms with Gasteiger partial charge in [0.25, 0.3) is 0 Å². The van der Waals surface area contributed by atoms with Crippen molar-refractivity contribution in [3.63, 3.8) is 0 Å². The van der Waals surface area contributed by atoms with Gasteiger partial charge in [-0.3, -0.25) is 0 Å². The van der Waals surface area contributed by atoms with E-state index in [1.54, 1.807) is 0 Å². The Kier molecular flexibility index (Phi) is 2.37. The van der Waals surface area contributed by atoms with Crippen LogP contribution >= 0.6 is 0 Å². The van der Waals surface area contributed by atoms with Crippen LogP contribution < -0.4 is 0 Å². The highest BCUT2D eigenvalue weighted by atomic mass is 16.7. The summed E-state index contributed by atoms with van der Waals surface area (Å²) in [6.45, 7) is 3.66. The maximum atomic E-state index is 12.0. The maximum absolute atomic E-state index is 12.0. The van der Waals surface area contributed by atoms with Crippen molar-refractivity contribution >= 4 is 5.97 Å². The van der Waals surface area contributed by atoms with Crippen LogP contribution in [0.2, 0.25) is 0 Å². The molecule has 2 aliphatic carbocycles. The Hall–Kier alpha value is -0.650. The summed E-state index contributed by atoms with van der Waals surface area (Å²) >= 11 is 0. The van der Waals surface area contributed by atoms with Crippen LogP contribution in [0.5, 0.6) is 0 Å². The third-order valence-corrected chi connectivity index (χ3v) is 5.50. The molecule has 0 aromatic heterocycles. The van der Waals surface area contributed by atoms with Gasteiger partial charge in [0.1, 0.15) is 0 Å². The molecule has 1 N–H and O–H groups in total. The molecule has 2 saturated carbocycles. The minimum Gasteiger partial charge on any atom is -0.463 e. The Morgan fingerprint density at radius 1 is 1.26 bits per heavy atom. The van der Waals surface area contributed by atoms with E-state index < -0.39 is 17.4 Å². The van der Waals surface area contributed by atoms with Crippen molar-refractivity contribution in [3.8, 4) is 0 Å². The normalized spacial score (nSPS) is 51.2. The van der Waals surface area contributed by atoms with Crippen molar-refractivity contribution in [3.05, 3.63) is 0 Å². The molecule has 0 bridgehead atoms. The number of ether oxygens (including phenoxy) is 3. The first kappa shape index (κ1) is 12.1. The highest BCUT2D eigenvalue weighted by molar-refractivity contribution is 5.82. The first-order valence-corrected chi connectivity index (χ1v) is 7.23. The van der Waals surface area contributed by atoms with Crippen molar-refractivity contribution < 1.29 is 24.1 Å². The monoisotopic (exact) mass is 268 g/mol. The number of hydrogen-bond acceptors (Lipinski definition) is 5. The predicted molar refractivity (Wildman–Crippen MR) is 64.0 cm³/mol. The van der Waals surface area contributed by atoms with E-state index in [4.69, 9.17) is 14.2 Å². The van der Waals surface area contributed by atoms with Gasteiger partial charge >= 0.3 is 5.97 Å². The van der Waals surface area contributed by atoms with Gasteiger partial charge in [-0.1, -0.05) is 6.92 Å². The molecule has 0 radical (unpaired) electrons. The summed E-state index contributed by atoms with van der Waals surface area (Å²) in [5.41, 5.74) is -1.30. The van der Waals surface area contributed by atoms with Gasteiger partial charge in [-0.05, 0) is 18.3 Å². The molecular formula is C14H20O5. The van der Waals surface area contributed by atoms with Crippen LogP contribution in [0.4, 0.5) is 0 Å². The van der Waals surface area contributed by atoms with Crippen LogP contribution in [-0.4, -0.2) is 42.3 Å². The van der Waals surface area contributed by atoms with Gasteiger partial charge < -0.3 is 19.3 Å². The molecule has 4 aliphatic rings. The van der Waals surface area contributed by atoms with Gasteiger partial charge in [0.2, 0.25) is 0 Å². The Balaban J connectivity index is 1.70. The number of esters is 1. The number of hydrogen-bond donors (Lipinski definition) is 1. The molecule has 106 valence electrons. The van der Waals surface area contributed by atoms with Gasteiger partial charge in [0.15, 0.2) is 11.4 Å². The SMILES string of the molecule is C[C@@H]1CC2(C[C@H]3COC(=O)[C@]3(O)[C@H]3C[C@@H]13)OCCO2. The van der Waals surface area contributed by atoms with E-state index in [1.807, 2.05) is 0 Å². The summed E-state index contributed by atoms with van der Waals surface area (Å²) in [4.78, 5) is 12.0. The molecule has 5 nitrogen and oxygen atoms in total. The van der Waals surface area contributed by atoms with Crippen molar-refractivity contribution in [2.45, 2.75) is 37.6 Å². The van der Waals surface area contributed by atoms with E-state index >= 15 is 0 Å². The minimum absolute atomic E-state index is 0.0706. The first-order chi connectivity index (χ1) is 9.05. The van der Waals surface area contributed by atoms with Crippen LogP contribution in [0.1, 0.15) is 26.2 Å². The van der Waals surface area contributed by atoms with Gasteiger partial charge in [0, 0.05) is 24.7 Å². The first-order valence-electron chi connectivity index (χ1n) is 7.23. The second kappa shape index (κ2) is 3.71. The zero-order valence-corrected chi connectivity index (χ0v) is 11.1. The molecule has 0 aromatic carbocycles. The van der Waals surface area contributed by atoms with Gasteiger partial charge in [0.05, 0.1) is 19.8 Å². The predicted octanol–water partition coefficient (Wildman–Crippen LogP) is 0.700. The summed E-state index contributed by atoms with van der Waals surface area (Å²) < 4.78 is 16.8. The molecule has 5 atom stereocenters. The number of carbonyl (C=O) groups excluding carboxylic acids is 1. The number of aliphatic hydroxyl groups is 1.